The number of ether oxygens (including phenoxy) is 3. The van der Waals surface area contributed by atoms with Gasteiger partial charge in [0.25, 0.3) is 11.6 Å². The van der Waals surface area contributed by atoms with Crippen molar-refractivity contribution in [2.24, 2.45) is 0 Å². The molecule has 0 fully saturated rings. The highest BCUT2D eigenvalue weighted by Gasteiger charge is 2.24. The number of nitro benzene ring substituents is 1. The Balaban J connectivity index is 3.09. The number of nitro groups is 1. The third-order valence-corrected chi connectivity index (χ3v) is 3.33. The Hall–Kier alpha value is -2.39. The van der Waals surface area contributed by atoms with Gasteiger partial charge < -0.3 is 24.8 Å². The van der Waals surface area contributed by atoms with Gasteiger partial charge >= 0.3 is 0 Å². The summed E-state index contributed by atoms with van der Waals surface area (Å²) in [6.45, 7) is 2.74. The van der Waals surface area contributed by atoms with Crippen molar-refractivity contribution in [1.82, 2.24) is 10.6 Å². The third-order valence-electron chi connectivity index (χ3n) is 3.33. The second kappa shape index (κ2) is 9.68. The first-order chi connectivity index (χ1) is 11.4. The molecule has 1 atom stereocenters. The van der Waals surface area contributed by atoms with Gasteiger partial charge in [0, 0.05) is 25.8 Å². The lowest BCUT2D eigenvalue weighted by molar-refractivity contribution is -0.385. The van der Waals surface area contributed by atoms with E-state index in [0.717, 1.165) is 0 Å². The molecule has 1 rings (SSSR count). The van der Waals surface area contributed by atoms with Gasteiger partial charge in [0.2, 0.25) is 0 Å². The van der Waals surface area contributed by atoms with E-state index < -0.39 is 10.8 Å². The number of methoxy groups -OCH3 is 2. The first kappa shape index (κ1) is 19.7. The summed E-state index contributed by atoms with van der Waals surface area (Å²) >= 11 is 0. The summed E-state index contributed by atoms with van der Waals surface area (Å²) in [6.07, 6.45) is 0. The van der Waals surface area contributed by atoms with Gasteiger partial charge in [0.1, 0.15) is 12.2 Å². The predicted octanol–water partition coefficient (Wildman–Crippen LogP) is 0.966. The normalized spacial score (nSPS) is 11.7. The quantitative estimate of drug-likeness (QED) is 0.370. The Labute approximate surface area is 140 Å². The number of amides is 1. The fourth-order valence-corrected chi connectivity index (χ4v) is 1.83. The number of hydrogen-bond donors (Lipinski definition) is 2. The predicted molar refractivity (Wildman–Crippen MR) is 87.9 cm³/mol. The summed E-state index contributed by atoms with van der Waals surface area (Å²) in [4.78, 5) is 22.9. The highest BCUT2D eigenvalue weighted by atomic mass is 16.6. The molecule has 0 aliphatic heterocycles. The largest absolute Gasteiger partial charge is 0.493 e. The van der Waals surface area contributed by atoms with Crippen LogP contribution in [0.4, 0.5) is 5.69 Å². The van der Waals surface area contributed by atoms with Gasteiger partial charge in [-0.2, -0.15) is 0 Å². The molecule has 0 saturated carbocycles. The molecule has 2 N–H and O–H groups in total. The number of hydrogen-bond acceptors (Lipinski definition) is 7. The molecule has 0 saturated heterocycles. The molecule has 0 heterocycles. The molecule has 24 heavy (non-hydrogen) atoms. The van der Waals surface area contributed by atoms with Gasteiger partial charge in [0.05, 0.1) is 24.7 Å². The lowest BCUT2D eigenvalue weighted by Gasteiger charge is -2.14. The molecule has 9 nitrogen and oxygen atoms in total. The third kappa shape index (κ3) is 5.36. The Morgan fingerprint density at radius 1 is 1.29 bits per heavy atom. The monoisotopic (exact) mass is 341 g/mol. The van der Waals surface area contributed by atoms with Crippen molar-refractivity contribution >= 4 is 11.6 Å². The van der Waals surface area contributed by atoms with Crippen LogP contribution in [0.25, 0.3) is 0 Å². The zero-order chi connectivity index (χ0) is 18.1. The number of nitrogens with zero attached hydrogens (tertiary/aromatic N) is 1. The summed E-state index contributed by atoms with van der Waals surface area (Å²) < 4.78 is 15.5. The van der Waals surface area contributed by atoms with E-state index in [1.165, 1.54) is 26.4 Å². The van der Waals surface area contributed by atoms with Gasteiger partial charge in [-0.05, 0) is 14.0 Å². The summed E-state index contributed by atoms with van der Waals surface area (Å²) in [7, 11) is 4.67. The number of likely N-dealkylation sites (N-methyl/N-ethyl adjacent to an activating group) is 1. The zero-order valence-electron chi connectivity index (χ0n) is 14.3. The van der Waals surface area contributed by atoms with Crippen LogP contribution in [0.5, 0.6) is 11.5 Å². The van der Waals surface area contributed by atoms with Crippen molar-refractivity contribution in [3.8, 4) is 11.5 Å². The molecule has 1 unspecified atom stereocenters. The topological polar surface area (TPSA) is 112 Å². The molecule has 0 spiro atoms. The molecule has 0 aliphatic rings. The fourth-order valence-electron chi connectivity index (χ4n) is 1.83. The van der Waals surface area contributed by atoms with Crippen LogP contribution >= 0.6 is 0 Å². The fraction of sp³-hybridized carbons (Fsp3) is 0.533. The first-order valence-electron chi connectivity index (χ1n) is 7.38. The van der Waals surface area contributed by atoms with Crippen LogP contribution in [0.2, 0.25) is 0 Å². The minimum atomic E-state index is -0.626. The molecule has 1 aromatic rings. The van der Waals surface area contributed by atoms with Crippen molar-refractivity contribution in [2.45, 2.75) is 13.0 Å². The summed E-state index contributed by atoms with van der Waals surface area (Å²) in [5, 5.41) is 16.9. The number of rotatable bonds is 10. The number of carbonyl (C=O) groups excluding carboxylic acids is 1. The maximum absolute atomic E-state index is 12.3. The zero-order valence-corrected chi connectivity index (χ0v) is 14.3. The second-order valence-corrected chi connectivity index (χ2v) is 5.02. The van der Waals surface area contributed by atoms with E-state index in [2.05, 4.69) is 10.6 Å². The van der Waals surface area contributed by atoms with E-state index >= 15 is 0 Å². The van der Waals surface area contributed by atoms with Crippen LogP contribution in [0.15, 0.2) is 12.1 Å². The van der Waals surface area contributed by atoms with Crippen LogP contribution in [-0.4, -0.2) is 57.9 Å². The average molecular weight is 341 g/mol. The van der Waals surface area contributed by atoms with Crippen molar-refractivity contribution in [1.29, 1.82) is 0 Å². The highest BCUT2D eigenvalue weighted by Crippen LogP contribution is 2.34. The highest BCUT2D eigenvalue weighted by molar-refractivity contribution is 5.99. The molecule has 1 aromatic carbocycles. The number of carbonyl (C=O) groups is 1. The molecule has 0 bridgehead atoms. The van der Waals surface area contributed by atoms with Gasteiger partial charge in [0.15, 0.2) is 11.5 Å². The van der Waals surface area contributed by atoms with Gasteiger partial charge in [-0.3, -0.25) is 14.9 Å². The minimum Gasteiger partial charge on any atom is -0.493 e. The van der Waals surface area contributed by atoms with Crippen molar-refractivity contribution in [3.63, 3.8) is 0 Å². The summed E-state index contributed by atoms with van der Waals surface area (Å²) in [6, 6.07) is 2.52. The summed E-state index contributed by atoms with van der Waals surface area (Å²) in [5.41, 5.74) is -0.433. The van der Waals surface area contributed by atoms with E-state index in [9.17, 15) is 14.9 Å². The minimum absolute atomic E-state index is 0.0338. The van der Waals surface area contributed by atoms with Crippen LogP contribution < -0.4 is 20.1 Å². The number of nitrogens with one attached hydrogen (secondary N) is 2. The Kier molecular flexibility index (Phi) is 7.93. The maximum Gasteiger partial charge on any atom is 0.286 e. The molecule has 0 aliphatic carbocycles. The first-order valence-corrected chi connectivity index (χ1v) is 7.38. The van der Waals surface area contributed by atoms with E-state index in [-0.39, 0.29) is 35.4 Å². The van der Waals surface area contributed by atoms with Crippen molar-refractivity contribution in [3.05, 3.63) is 27.8 Å². The Morgan fingerprint density at radius 2 is 2.00 bits per heavy atom. The molecule has 134 valence electrons. The van der Waals surface area contributed by atoms with E-state index in [0.29, 0.717) is 13.2 Å². The molecule has 0 aromatic heterocycles. The lowest BCUT2D eigenvalue weighted by atomic mass is 10.1. The van der Waals surface area contributed by atoms with E-state index in [4.69, 9.17) is 14.2 Å². The van der Waals surface area contributed by atoms with Crippen LogP contribution in [0.1, 0.15) is 17.3 Å². The van der Waals surface area contributed by atoms with E-state index in [1.807, 2.05) is 6.92 Å². The number of benzene rings is 1. The standard InChI is InChI=1S/C15H23N3O6/c1-10(16-2)9-17-15(19)11-7-13(23-4)14(24-6-5-22-3)8-12(11)18(20)21/h7-8,10,16H,5-6,9H2,1-4H3,(H,17,19). The van der Waals surface area contributed by atoms with Crippen LogP contribution in [-0.2, 0) is 4.74 Å². The summed E-state index contributed by atoms with van der Waals surface area (Å²) in [5.74, 6) is -0.129. The van der Waals surface area contributed by atoms with Crippen molar-refractivity contribution in [2.75, 3.05) is 41.0 Å². The smallest absolute Gasteiger partial charge is 0.286 e. The SMILES string of the molecule is CNC(C)CNC(=O)c1cc(OC)c(OCCOC)cc1[N+](=O)[O-]. The molecular weight excluding hydrogens is 318 g/mol. The molecule has 1 amide bonds. The van der Waals surface area contributed by atoms with Crippen LogP contribution in [0.3, 0.4) is 0 Å². The van der Waals surface area contributed by atoms with Gasteiger partial charge in [-0.1, -0.05) is 0 Å². The lowest BCUT2D eigenvalue weighted by Crippen LogP contribution is -2.37. The Morgan fingerprint density at radius 3 is 2.54 bits per heavy atom. The van der Waals surface area contributed by atoms with Crippen LogP contribution in [0, 0.1) is 10.1 Å². The molecule has 0 radical (unpaired) electrons. The second-order valence-electron chi connectivity index (χ2n) is 5.02. The van der Waals surface area contributed by atoms with Gasteiger partial charge in [-0.15, -0.1) is 0 Å². The molecular formula is C15H23N3O6. The maximum atomic E-state index is 12.3. The van der Waals surface area contributed by atoms with Gasteiger partial charge in [-0.25, -0.2) is 0 Å². The Bertz CT molecular complexity index is 579. The molecule has 9 heteroatoms. The average Bonchev–Trinajstić information content (AvgIpc) is 2.58. The van der Waals surface area contributed by atoms with Crippen molar-refractivity contribution < 1.29 is 23.9 Å². The van der Waals surface area contributed by atoms with E-state index in [1.54, 1.807) is 7.05 Å².